The molecule has 12 nitrogen and oxygen atoms in total. The lowest BCUT2D eigenvalue weighted by Crippen LogP contribution is -2.33. The number of urea groups is 1. The number of rotatable bonds is 10. The van der Waals surface area contributed by atoms with Crippen LogP contribution in [0.1, 0.15) is 45.4 Å². The van der Waals surface area contributed by atoms with E-state index in [1.54, 1.807) is 54.3 Å². The van der Waals surface area contributed by atoms with E-state index < -0.39 is 17.9 Å². The maximum absolute atomic E-state index is 13.0. The first kappa shape index (κ1) is 29.8. The number of carbonyl (C=O) groups excluding carboxylic acids is 3. The maximum Gasteiger partial charge on any atom is 0.326 e. The molecule has 0 fully saturated rings. The predicted molar refractivity (Wildman–Crippen MR) is 162 cm³/mol. The van der Waals surface area contributed by atoms with Gasteiger partial charge in [0.25, 0.3) is 5.91 Å². The van der Waals surface area contributed by atoms with Crippen molar-refractivity contribution >= 4 is 40.9 Å². The maximum atomic E-state index is 13.0. The number of hydrogen-bond donors (Lipinski definition) is 4. The first-order valence-corrected chi connectivity index (χ1v) is 13.9. The topological polar surface area (TPSA) is 163 Å². The zero-order valence-electron chi connectivity index (χ0n) is 24.1. The number of anilines is 3. The quantitative estimate of drug-likeness (QED) is 0.204. The minimum absolute atomic E-state index is 0.0423. The number of fused-ring (bicyclic) bond motifs is 1. The first-order chi connectivity index (χ1) is 21.2. The minimum Gasteiger partial charge on any atom is -0.495 e. The van der Waals surface area contributed by atoms with Crippen molar-refractivity contribution in [3.63, 3.8) is 0 Å². The fraction of sp³-hybridized carbons (Fsp3) is 0.219. The van der Waals surface area contributed by atoms with Gasteiger partial charge < -0.3 is 30.3 Å². The Balaban J connectivity index is 1.19. The van der Waals surface area contributed by atoms with Crippen molar-refractivity contribution in [1.82, 2.24) is 10.5 Å². The molecule has 4 amide bonds. The van der Waals surface area contributed by atoms with Crippen LogP contribution in [0.5, 0.6) is 5.75 Å². The number of nitrogens with one attached hydrogen (secondary N) is 3. The molecule has 2 heterocycles. The molecule has 0 saturated heterocycles. The summed E-state index contributed by atoms with van der Waals surface area (Å²) in [7, 11) is 1.49. The van der Waals surface area contributed by atoms with Gasteiger partial charge in [0.15, 0.2) is 5.69 Å². The number of carboxylic acids is 1. The van der Waals surface area contributed by atoms with Gasteiger partial charge >= 0.3 is 12.0 Å². The zero-order chi connectivity index (χ0) is 31.2. The van der Waals surface area contributed by atoms with Crippen LogP contribution in [0.4, 0.5) is 21.9 Å². The van der Waals surface area contributed by atoms with Crippen molar-refractivity contribution in [3.8, 4) is 5.75 Å². The van der Waals surface area contributed by atoms with Crippen LogP contribution in [0, 0.1) is 6.92 Å². The van der Waals surface area contributed by atoms with Crippen molar-refractivity contribution in [3.05, 3.63) is 101 Å². The number of carboxylic acid groups (broad SMARTS) is 1. The number of methoxy groups -OCH3 is 1. The van der Waals surface area contributed by atoms with Gasteiger partial charge in [-0.05, 0) is 60.4 Å². The van der Waals surface area contributed by atoms with E-state index in [4.69, 9.17) is 9.26 Å². The highest BCUT2D eigenvalue weighted by Crippen LogP contribution is 2.31. The van der Waals surface area contributed by atoms with Gasteiger partial charge in [0.2, 0.25) is 5.91 Å². The van der Waals surface area contributed by atoms with E-state index in [9.17, 15) is 24.3 Å². The summed E-state index contributed by atoms with van der Waals surface area (Å²) in [5.41, 5.74) is 4.25. The largest absolute Gasteiger partial charge is 0.495 e. The summed E-state index contributed by atoms with van der Waals surface area (Å²) >= 11 is 0. The van der Waals surface area contributed by atoms with Crippen molar-refractivity contribution in [1.29, 1.82) is 0 Å². The number of aliphatic carboxylic acids is 1. The van der Waals surface area contributed by atoms with Crippen LogP contribution in [0.15, 0.2) is 77.3 Å². The number of benzene rings is 3. The van der Waals surface area contributed by atoms with Gasteiger partial charge in [0, 0.05) is 24.0 Å². The second-order valence-electron chi connectivity index (χ2n) is 10.3. The van der Waals surface area contributed by atoms with Gasteiger partial charge in [0.05, 0.1) is 31.7 Å². The second kappa shape index (κ2) is 13.1. The summed E-state index contributed by atoms with van der Waals surface area (Å²) in [6.07, 6.45) is 0.485. The van der Waals surface area contributed by atoms with Crippen molar-refractivity contribution in [2.24, 2.45) is 0 Å². The third-order valence-corrected chi connectivity index (χ3v) is 7.15. The Kier molecular flexibility index (Phi) is 8.89. The lowest BCUT2D eigenvalue weighted by atomic mass is 10.0. The molecule has 1 atom stereocenters. The van der Waals surface area contributed by atoms with Crippen molar-refractivity contribution in [2.75, 3.05) is 29.2 Å². The highest BCUT2D eigenvalue weighted by Gasteiger charge is 2.25. The Morgan fingerprint density at radius 2 is 1.80 bits per heavy atom. The molecule has 0 spiro atoms. The molecule has 1 aliphatic heterocycles. The lowest BCUT2D eigenvalue weighted by molar-refractivity contribution is -0.137. The van der Waals surface area contributed by atoms with Crippen LogP contribution in [0.25, 0.3) is 0 Å². The average Bonchev–Trinajstić information content (AvgIpc) is 3.64. The zero-order valence-corrected chi connectivity index (χ0v) is 24.1. The first-order valence-electron chi connectivity index (χ1n) is 13.9. The van der Waals surface area contributed by atoms with Crippen LogP contribution >= 0.6 is 0 Å². The van der Waals surface area contributed by atoms with E-state index in [1.807, 2.05) is 24.3 Å². The van der Waals surface area contributed by atoms with E-state index in [2.05, 4.69) is 21.1 Å². The number of amides is 4. The van der Waals surface area contributed by atoms with Crippen LogP contribution in [-0.2, 0) is 22.4 Å². The molecule has 12 heteroatoms. The molecule has 0 bridgehead atoms. The Bertz CT molecular complexity index is 1700. The Labute approximate surface area is 253 Å². The number of nitrogens with zero attached hydrogens (tertiary/aromatic N) is 2. The molecule has 1 aliphatic rings. The SMILES string of the molecule is COc1cc(CC(=O)Nc2ccc(C(CC(=O)O)NC(=O)c3cc(C)on3)cc2)ccc1NC(=O)N1CCc2ccccc21. The molecule has 4 N–H and O–H groups in total. The Morgan fingerprint density at radius 3 is 2.50 bits per heavy atom. The van der Waals surface area contributed by atoms with Gasteiger partial charge in [-0.1, -0.05) is 41.6 Å². The number of carbonyl (C=O) groups is 4. The Hall–Kier alpha value is -5.65. The molecule has 4 aromatic rings. The minimum atomic E-state index is -1.09. The molecule has 5 rings (SSSR count). The smallest absolute Gasteiger partial charge is 0.326 e. The molecule has 226 valence electrons. The molecule has 0 radical (unpaired) electrons. The summed E-state index contributed by atoms with van der Waals surface area (Å²) in [6, 6.07) is 19.8. The summed E-state index contributed by atoms with van der Waals surface area (Å²) in [5.74, 6) is -1.07. The highest BCUT2D eigenvalue weighted by molar-refractivity contribution is 6.04. The monoisotopic (exact) mass is 597 g/mol. The third-order valence-electron chi connectivity index (χ3n) is 7.15. The molecule has 0 aliphatic carbocycles. The fourth-order valence-electron chi connectivity index (χ4n) is 5.00. The molecular weight excluding hydrogens is 566 g/mol. The highest BCUT2D eigenvalue weighted by atomic mass is 16.5. The van der Waals surface area contributed by atoms with Crippen LogP contribution < -0.4 is 25.6 Å². The number of ether oxygens (including phenoxy) is 1. The Morgan fingerprint density at radius 1 is 1.02 bits per heavy atom. The van der Waals surface area contributed by atoms with Crippen molar-refractivity contribution in [2.45, 2.75) is 32.2 Å². The van der Waals surface area contributed by atoms with Crippen LogP contribution in [0.3, 0.4) is 0 Å². The summed E-state index contributed by atoms with van der Waals surface area (Å²) in [6.45, 7) is 2.23. The van der Waals surface area contributed by atoms with Gasteiger partial charge in [-0.25, -0.2) is 4.79 Å². The normalized spacial score (nSPS) is 12.6. The van der Waals surface area contributed by atoms with Crippen LogP contribution in [-0.4, -0.2) is 47.7 Å². The summed E-state index contributed by atoms with van der Waals surface area (Å²) in [5, 5.41) is 21.4. The predicted octanol–water partition coefficient (Wildman–Crippen LogP) is 4.71. The molecule has 0 saturated carbocycles. The number of para-hydroxylation sites is 1. The average molecular weight is 598 g/mol. The molecule has 1 aromatic heterocycles. The lowest BCUT2D eigenvalue weighted by Gasteiger charge is -2.19. The van der Waals surface area contributed by atoms with E-state index in [0.717, 1.165) is 17.7 Å². The second-order valence-corrected chi connectivity index (χ2v) is 10.3. The summed E-state index contributed by atoms with van der Waals surface area (Å²) < 4.78 is 10.4. The number of aryl methyl sites for hydroxylation is 1. The van der Waals surface area contributed by atoms with E-state index in [-0.39, 0.29) is 30.5 Å². The van der Waals surface area contributed by atoms with E-state index >= 15 is 0 Å². The van der Waals surface area contributed by atoms with E-state index in [0.29, 0.717) is 40.6 Å². The standard InChI is InChI=1S/C32H31N5O7/c1-19-15-26(36-44-19)31(41)34-25(18-30(39)40)21-8-10-23(11-9-21)33-29(38)17-20-7-12-24(28(16-20)43-2)35-32(42)37-14-13-22-5-3-4-6-27(22)37/h3-12,15-16,25H,13-14,17-18H2,1-2H3,(H,33,38)(H,34,41)(H,35,42)(H,39,40). The number of hydrogen-bond acceptors (Lipinski definition) is 7. The third kappa shape index (κ3) is 7.04. The number of aromatic nitrogens is 1. The van der Waals surface area contributed by atoms with E-state index in [1.165, 1.54) is 13.2 Å². The van der Waals surface area contributed by atoms with Crippen LogP contribution in [0.2, 0.25) is 0 Å². The van der Waals surface area contributed by atoms with Gasteiger partial charge in [-0.3, -0.25) is 19.3 Å². The van der Waals surface area contributed by atoms with Gasteiger partial charge in [-0.15, -0.1) is 0 Å². The molecule has 44 heavy (non-hydrogen) atoms. The molecular formula is C32H31N5O7. The fourth-order valence-corrected chi connectivity index (χ4v) is 5.00. The molecule has 1 unspecified atom stereocenters. The molecule has 3 aromatic carbocycles. The van der Waals surface area contributed by atoms with Gasteiger partial charge in [-0.2, -0.15) is 0 Å². The van der Waals surface area contributed by atoms with Crippen molar-refractivity contribution < 1.29 is 33.5 Å². The summed E-state index contributed by atoms with van der Waals surface area (Å²) in [4.78, 5) is 51.5. The van der Waals surface area contributed by atoms with Gasteiger partial charge in [0.1, 0.15) is 11.5 Å².